The molecule has 7 nitrogen and oxygen atoms in total. The Morgan fingerprint density at radius 2 is 2.14 bits per heavy atom. The second-order valence-corrected chi connectivity index (χ2v) is 5.87. The average molecular weight is 357 g/mol. The Morgan fingerprint density at radius 3 is 2.76 bits per heavy atom. The van der Waals surface area contributed by atoms with Gasteiger partial charge in [0.25, 0.3) is 11.6 Å². The normalized spacial score (nSPS) is 17.8. The first kappa shape index (κ1) is 15.4. The molecule has 0 bridgehead atoms. The Bertz CT molecular complexity index is 604. The van der Waals surface area contributed by atoms with Gasteiger partial charge in [0.1, 0.15) is 0 Å². The van der Waals surface area contributed by atoms with Crippen LogP contribution in [-0.4, -0.2) is 39.9 Å². The lowest BCUT2D eigenvalue weighted by Crippen LogP contribution is -2.29. The van der Waals surface area contributed by atoms with Gasteiger partial charge in [-0.15, -0.1) is 0 Å². The molecule has 112 valence electrons. The summed E-state index contributed by atoms with van der Waals surface area (Å²) >= 11 is 3.15. The molecule has 8 heteroatoms. The Morgan fingerprint density at radius 1 is 1.43 bits per heavy atom. The van der Waals surface area contributed by atoms with Gasteiger partial charge < -0.3 is 10.0 Å². The van der Waals surface area contributed by atoms with Crippen LogP contribution in [0.2, 0.25) is 0 Å². The molecule has 1 fully saturated rings. The second kappa shape index (κ2) is 6.21. The van der Waals surface area contributed by atoms with E-state index in [1.807, 2.05) is 0 Å². The Balaban J connectivity index is 2.14. The molecule has 1 aromatic rings. The van der Waals surface area contributed by atoms with Crippen LogP contribution in [-0.2, 0) is 4.79 Å². The van der Waals surface area contributed by atoms with Crippen LogP contribution in [0.4, 0.5) is 5.69 Å². The third-order valence-electron chi connectivity index (χ3n) is 3.38. The highest BCUT2D eigenvalue weighted by Gasteiger charge is 2.29. The smallest absolute Gasteiger partial charge is 0.303 e. The van der Waals surface area contributed by atoms with E-state index >= 15 is 0 Å². The number of nitrogens with zero attached hydrogens (tertiary/aromatic N) is 2. The van der Waals surface area contributed by atoms with Crippen molar-refractivity contribution in [3.05, 3.63) is 38.3 Å². The summed E-state index contributed by atoms with van der Waals surface area (Å²) in [7, 11) is 0. The van der Waals surface area contributed by atoms with Crippen LogP contribution in [0.15, 0.2) is 22.7 Å². The van der Waals surface area contributed by atoms with E-state index in [9.17, 15) is 19.7 Å². The van der Waals surface area contributed by atoms with E-state index in [-0.39, 0.29) is 29.5 Å². The quantitative estimate of drug-likeness (QED) is 0.658. The lowest BCUT2D eigenvalue weighted by atomic mass is 10.1. The molecule has 1 unspecified atom stereocenters. The fourth-order valence-electron chi connectivity index (χ4n) is 2.42. The standard InChI is InChI=1S/C13H13BrN2O5/c14-10-4-9(5-11(6-10)16(20)21)13(19)15-2-1-8(7-15)3-12(17)18/h4-6,8H,1-3,7H2,(H,17,18). The molecule has 2 rings (SSSR count). The third-order valence-corrected chi connectivity index (χ3v) is 3.83. The Hall–Kier alpha value is -1.96. The number of amides is 1. The number of carboxylic acid groups (broad SMARTS) is 1. The SMILES string of the molecule is O=C(O)CC1CCN(C(=O)c2cc(Br)cc([N+](=O)[O-])c2)C1. The zero-order valence-electron chi connectivity index (χ0n) is 11.0. The van der Waals surface area contributed by atoms with E-state index in [4.69, 9.17) is 5.11 Å². The zero-order valence-corrected chi connectivity index (χ0v) is 12.6. The summed E-state index contributed by atoms with van der Waals surface area (Å²) in [6, 6.07) is 4.09. The maximum Gasteiger partial charge on any atom is 0.303 e. The minimum atomic E-state index is -0.882. The molecule has 1 saturated heterocycles. The van der Waals surface area contributed by atoms with Crippen LogP contribution >= 0.6 is 15.9 Å². The van der Waals surface area contributed by atoms with E-state index in [1.165, 1.54) is 18.2 Å². The number of benzene rings is 1. The number of aliphatic carboxylic acids is 1. The van der Waals surface area contributed by atoms with Crippen molar-refractivity contribution in [2.45, 2.75) is 12.8 Å². The lowest BCUT2D eigenvalue weighted by molar-refractivity contribution is -0.385. The monoisotopic (exact) mass is 356 g/mol. The van der Waals surface area contributed by atoms with Crippen molar-refractivity contribution in [1.82, 2.24) is 4.90 Å². The largest absolute Gasteiger partial charge is 0.481 e. The van der Waals surface area contributed by atoms with Gasteiger partial charge in [-0.2, -0.15) is 0 Å². The van der Waals surface area contributed by atoms with Crippen LogP contribution in [0.5, 0.6) is 0 Å². The summed E-state index contributed by atoms with van der Waals surface area (Å²) in [6.45, 7) is 0.836. The molecule has 0 aliphatic carbocycles. The number of non-ortho nitro benzene ring substituents is 1. The van der Waals surface area contributed by atoms with Crippen molar-refractivity contribution in [3.8, 4) is 0 Å². The Labute approximate surface area is 128 Å². The molecule has 1 atom stereocenters. The number of hydrogen-bond acceptors (Lipinski definition) is 4. The van der Waals surface area contributed by atoms with E-state index in [2.05, 4.69) is 15.9 Å². The molecule has 0 saturated carbocycles. The highest BCUT2D eigenvalue weighted by molar-refractivity contribution is 9.10. The summed E-state index contributed by atoms with van der Waals surface area (Å²) in [5.41, 5.74) is 0.0704. The number of hydrogen-bond donors (Lipinski definition) is 1. The number of halogens is 1. The van der Waals surface area contributed by atoms with Crippen molar-refractivity contribution in [3.63, 3.8) is 0 Å². The predicted molar refractivity (Wildman–Crippen MR) is 77.1 cm³/mol. The number of carbonyl (C=O) groups is 2. The fourth-order valence-corrected chi connectivity index (χ4v) is 2.90. The Kier molecular flexibility index (Phi) is 4.56. The molecule has 1 heterocycles. The van der Waals surface area contributed by atoms with Crippen LogP contribution in [0.25, 0.3) is 0 Å². The van der Waals surface area contributed by atoms with Crippen molar-refractivity contribution in [1.29, 1.82) is 0 Å². The summed E-state index contributed by atoms with van der Waals surface area (Å²) in [4.78, 5) is 34.8. The summed E-state index contributed by atoms with van der Waals surface area (Å²) in [5, 5.41) is 19.6. The lowest BCUT2D eigenvalue weighted by Gasteiger charge is -2.16. The first-order chi connectivity index (χ1) is 9.86. The molecule has 1 aliphatic rings. The van der Waals surface area contributed by atoms with Crippen molar-refractivity contribution < 1.29 is 19.6 Å². The molecule has 1 N–H and O–H groups in total. The third kappa shape index (κ3) is 3.78. The van der Waals surface area contributed by atoms with Crippen LogP contribution in [0, 0.1) is 16.0 Å². The molecule has 1 aromatic carbocycles. The van der Waals surface area contributed by atoms with Crippen LogP contribution in [0.1, 0.15) is 23.2 Å². The molecular weight excluding hydrogens is 344 g/mol. The maximum absolute atomic E-state index is 12.3. The van der Waals surface area contributed by atoms with Crippen molar-refractivity contribution in [2.75, 3.05) is 13.1 Å². The first-order valence-electron chi connectivity index (χ1n) is 6.33. The number of rotatable bonds is 4. The van der Waals surface area contributed by atoms with Crippen LogP contribution < -0.4 is 0 Å². The predicted octanol–water partition coefficient (Wildman–Crippen LogP) is 2.29. The van der Waals surface area contributed by atoms with E-state index in [1.54, 1.807) is 4.90 Å². The summed E-state index contributed by atoms with van der Waals surface area (Å²) < 4.78 is 0.460. The van der Waals surface area contributed by atoms with E-state index < -0.39 is 10.9 Å². The minimum Gasteiger partial charge on any atom is -0.481 e. The molecule has 1 amide bonds. The van der Waals surface area contributed by atoms with Crippen LogP contribution in [0.3, 0.4) is 0 Å². The van der Waals surface area contributed by atoms with E-state index in [0.29, 0.717) is 24.0 Å². The number of nitro groups is 1. The van der Waals surface area contributed by atoms with E-state index in [0.717, 1.165) is 0 Å². The second-order valence-electron chi connectivity index (χ2n) is 4.96. The zero-order chi connectivity index (χ0) is 15.6. The average Bonchev–Trinajstić information content (AvgIpc) is 2.84. The first-order valence-corrected chi connectivity index (χ1v) is 7.12. The number of carboxylic acids is 1. The van der Waals surface area contributed by atoms with Gasteiger partial charge in [0.2, 0.25) is 0 Å². The minimum absolute atomic E-state index is 0.0302. The number of nitro benzene ring substituents is 1. The summed E-state index contributed by atoms with van der Waals surface area (Å²) in [6.07, 6.45) is 0.663. The highest BCUT2D eigenvalue weighted by Crippen LogP contribution is 2.25. The van der Waals surface area contributed by atoms with Gasteiger partial charge in [0.15, 0.2) is 0 Å². The van der Waals surface area contributed by atoms with Gasteiger partial charge in [-0.25, -0.2) is 0 Å². The maximum atomic E-state index is 12.3. The topological polar surface area (TPSA) is 101 Å². The van der Waals surface area contributed by atoms with Crippen molar-refractivity contribution in [2.24, 2.45) is 5.92 Å². The van der Waals surface area contributed by atoms with Gasteiger partial charge in [-0.05, 0) is 18.4 Å². The summed E-state index contributed by atoms with van der Waals surface area (Å²) in [5.74, 6) is -1.26. The molecule has 0 spiro atoms. The fraction of sp³-hybridized carbons (Fsp3) is 0.385. The van der Waals surface area contributed by atoms with Crippen molar-refractivity contribution >= 4 is 33.5 Å². The van der Waals surface area contributed by atoms with Gasteiger partial charge >= 0.3 is 5.97 Å². The molecule has 0 radical (unpaired) electrons. The van der Waals surface area contributed by atoms with Gasteiger partial charge in [-0.3, -0.25) is 19.7 Å². The molecule has 0 aromatic heterocycles. The molecule has 1 aliphatic heterocycles. The van der Waals surface area contributed by atoms with Gasteiger partial charge in [0.05, 0.1) is 4.92 Å². The number of carbonyl (C=O) groups excluding carboxylic acids is 1. The highest BCUT2D eigenvalue weighted by atomic mass is 79.9. The number of likely N-dealkylation sites (tertiary alicyclic amines) is 1. The molecular formula is C13H13BrN2O5. The van der Waals surface area contributed by atoms with Gasteiger partial charge in [0, 0.05) is 41.7 Å². The van der Waals surface area contributed by atoms with Gasteiger partial charge in [-0.1, -0.05) is 15.9 Å². The molecule has 21 heavy (non-hydrogen) atoms.